The monoisotopic (exact) mass is 418 g/mol. The van der Waals surface area contributed by atoms with E-state index in [2.05, 4.69) is 0 Å². The summed E-state index contributed by atoms with van der Waals surface area (Å²) in [6.45, 7) is 0.522. The van der Waals surface area contributed by atoms with E-state index in [1.807, 2.05) is 17.5 Å². The predicted octanol–water partition coefficient (Wildman–Crippen LogP) is 2.84. The largest absolute Gasteiger partial charge is 0.416 e. The number of hydrogen-bond acceptors (Lipinski definition) is 4. The van der Waals surface area contributed by atoms with E-state index < -0.39 is 26.7 Å². The number of halogens is 3. The molecule has 27 heavy (non-hydrogen) atoms. The van der Waals surface area contributed by atoms with Gasteiger partial charge in [0.05, 0.1) is 16.9 Å². The van der Waals surface area contributed by atoms with Gasteiger partial charge in [0.25, 0.3) is 0 Å². The van der Waals surface area contributed by atoms with Crippen LogP contribution in [0.1, 0.15) is 10.4 Å². The maximum atomic E-state index is 12.8. The molecule has 2 heterocycles. The van der Waals surface area contributed by atoms with E-state index in [1.54, 1.807) is 4.90 Å². The molecule has 10 heteroatoms. The molecule has 1 amide bonds. The summed E-state index contributed by atoms with van der Waals surface area (Å²) < 4.78 is 65.0. The number of alkyl halides is 3. The van der Waals surface area contributed by atoms with Gasteiger partial charge in [0, 0.05) is 31.1 Å². The Hall–Kier alpha value is -1.91. The van der Waals surface area contributed by atoms with E-state index in [-0.39, 0.29) is 38.5 Å². The number of hydrogen-bond donors (Lipinski definition) is 0. The molecule has 1 saturated heterocycles. The van der Waals surface area contributed by atoms with Gasteiger partial charge < -0.3 is 4.90 Å². The third-order valence-corrected chi connectivity index (χ3v) is 7.07. The van der Waals surface area contributed by atoms with E-state index in [0.29, 0.717) is 6.07 Å². The lowest BCUT2D eigenvalue weighted by Crippen LogP contribution is -2.50. The summed E-state index contributed by atoms with van der Waals surface area (Å²) in [4.78, 5) is 14.4. The molecule has 1 aliphatic rings. The Bertz CT molecular complexity index is 904. The molecule has 0 saturated carbocycles. The molecule has 0 radical (unpaired) electrons. The van der Waals surface area contributed by atoms with Crippen molar-refractivity contribution in [2.75, 3.05) is 26.2 Å². The lowest BCUT2D eigenvalue weighted by Gasteiger charge is -2.34. The smallest absolute Gasteiger partial charge is 0.340 e. The fourth-order valence-electron chi connectivity index (χ4n) is 2.83. The first kappa shape index (κ1) is 19.8. The molecule has 1 aromatic heterocycles. The van der Waals surface area contributed by atoms with E-state index in [9.17, 15) is 26.4 Å². The van der Waals surface area contributed by atoms with Crippen molar-refractivity contribution in [1.82, 2.24) is 9.21 Å². The molecular formula is C17H17F3N2O3S2. The van der Waals surface area contributed by atoms with Crippen molar-refractivity contribution in [2.45, 2.75) is 17.5 Å². The van der Waals surface area contributed by atoms with Crippen LogP contribution in [0.2, 0.25) is 0 Å². The van der Waals surface area contributed by atoms with Crippen LogP contribution in [-0.2, 0) is 27.4 Å². The second-order valence-electron chi connectivity index (χ2n) is 6.07. The van der Waals surface area contributed by atoms with Gasteiger partial charge in [-0.05, 0) is 29.6 Å². The number of carbonyl (C=O) groups excluding carboxylic acids is 1. The average Bonchev–Trinajstić information content (AvgIpc) is 3.14. The van der Waals surface area contributed by atoms with Gasteiger partial charge >= 0.3 is 6.18 Å². The predicted molar refractivity (Wildman–Crippen MR) is 94.8 cm³/mol. The van der Waals surface area contributed by atoms with Crippen molar-refractivity contribution in [3.63, 3.8) is 0 Å². The summed E-state index contributed by atoms with van der Waals surface area (Å²) in [5.74, 6) is -0.0893. The maximum Gasteiger partial charge on any atom is 0.416 e. The van der Waals surface area contributed by atoms with Crippen molar-refractivity contribution in [2.24, 2.45) is 0 Å². The third-order valence-electron chi connectivity index (χ3n) is 4.30. The van der Waals surface area contributed by atoms with Crippen LogP contribution < -0.4 is 0 Å². The zero-order valence-electron chi connectivity index (χ0n) is 14.1. The number of amides is 1. The second-order valence-corrected chi connectivity index (χ2v) is 9.04. The minimum absolute atomic E-state index is 0.0504. The Morgan fingerprint density at radius 2 is 1.78 bits per heavy atom. The van der Waals surface area contributed by atoms with Crippen molar-refractivity contribution in [1.29, 1.82) is 0 Å². The lowest BCUT2D eigenvalue weighted by molar-refractivity contribution is -0.137. The highest BCUT2D eigenvalue weighted by molar-refractivity contribution is 7.89. The molecule has 1 aliphatic heterocycles. The first-order valence-electron chi connectivity index (χ1n) is 8.15. The Morgan fingerprint density at radius 1 is 1.07 bits per heavy atom. The molecule has 3 rings (SSSR count). The zero-order valence-corrected chi connectivity index (χ0v) is 15.8. The van der Waals surface area contributed by atoms with E-state index in [1.165, 1.54) is 11.3 Å². The van der Waals surface area contributed by atoms with Gasteiger partial charge in [0.1, 0.15) is 0 Å². The highest BCUT2D eigenvalue weighted by Gasteiger charge is 2.34. The van der Waals surface area contributed by atoms with E-state index in [0.717, 1.165) is 27.4 Å². The normalized spacial score (nSPS) is 16.5. The minimum Gasteiger partial charge on any atom is -0.340 e. The number of sulfonamides is 1. The molecule has 5 nitrogen and oxygen atoms in total. The average molecular weight is 418 g/mol. The Morgan fingerprint density at radius 3 is 2.37 bits per heavy atom. The van der Waals surface area contributed by atoms with E-state index in [4.69, 9.17) is 0 Å². The van der Waals surface area contributed by atoms with Gasteiger partial charge in [0.15, 0.2) is 0 Å². The molecule has 2 aromatic rings. The number of nitrogens with zero attached hydrogens (tertiary/aromatic N) is 2. The molecule has 0 N–H and O–H groups in total. The Balaban J connectivity index is 1.67. The molecule has 0 aliphatic carbocycles. The summed E-state index contributed by atoms with van der Waals surface area (Å²) in [5, 5.41) is 1.88. The van der Waals surface area contributed by atoms with Crippen LogP contribution in [0.25, 0.3) is 0 Å². The van der Waals surface area contributed by atoms with Crippen LogP contribution in [0, 0.1) is 0 Å². The summed E-state index contributed by atoms with van der Waals surface area (Å²) >= 11 is 1.47. The van der Waals surface area contributed by atoms with Crippen molar-refractivity contribution in [3.8, 4) is 0 Å². The first-order chi connectivity index (χ1) is 12.7. The fourth-order valence-corrected chi connectivity index (χ4v) is 5.00. The molecule has 0 atom stereocenters. The standard InChI is InChI=1S/C17H17F3N2O3S2/c18-17(19,20)13-3-1-5-15(11-13)27(24,25)22-8-6-21(7-9-22)16(23)12-14-4-2-10-26-14/h1-5,10-11H,6-9,12H2. The summed E-state index contributed by atoms with van der Waals surface area (Å²) in [7, 11) is -4.05. The zero-order chi connectivity index (χ0) is 19.7. The van der Waals surface area contributed by atoms with Gasteiger partial charge in [-0.2, -0.15) is 17.5 Å². The fraction of sp³-hybridized carbons (Fsp3) is 0.353. The number of carbonyl (C=O) groups is 1. The maximum absolute atomic E-state index is 12.8. The van der Waals surface area contributed by atoms with Crippen molar-refractivity contribution < 1.29 is 26.4 Å². The number of piperazine rings is 1. The topological polar surface area (TPSA) is 57.7 Å². The summed E-state index contributed by atoms with van der Waals surface area (Å²) in [6, 6.07) is 7.42. The van der Waals surface area contributed by atoms with Crippen LogP contribution in [0.4, 0.5) is 13.2 Å². The van der Waals surface area contributed by atoms with Crippen LogP contribution in [-0.4, -0.2) is 49.7 Å². The summed E-state index contributed by atoms with van der Waals surface area (Å²) in [5.41, 5.74) is -1.01. The highest BCUT2D eigenvalue weighted by Crippen LogP contribution is 2.31. The molecule has 1 fully saturated rings. The molecule has 0 unspecified atom stereocenters. The Labute approximate surface area is 159 Å². The molecule has 1 aromatic carbocycles. The van der Waals surface area contributed by atoms with Crippen LogP contribution >= 0.6 is 11.3 Å². The summed E-state index contributed by atoms with van der Waals surface area (Å²) in [6.07, 6.45) is -4.35. The first-order valence-corrected chi connectivity index (χ1v) is 10.5. The van der Waals surface area contributed by atoms with Crippen LogP contribution in [0.3, 0.4) is 0 Å². The lowest BCUT2D eigenvalue weighted by atomic mass is 10.2. The number of thiophene rings is 1. The van der Waals surface area contributed by atoms with Crippen molar-refractivity contribution in [3.05, 3.63) is 52.2 Å². The number of benzene rings is 1. The van der Waals surface area contributed by atoms with Crippen molar-refractivity contribution >= 4 is 27.3 Å². The van der Waals surface area contributed by atoms with Gasteiger partial charge in [-0.25, -0.2) is 8.42 Å². The van der Waals surface area contributed by atoms with Gasteiger partial charge in [0.2, 0.25) is 15.9 Å². The Kier molecular flexibility index (Phi) is 5.59. The minimum atomic E-state index is -4.61. The molecular weight excluding hydrogens is 401 g/mol. The van der Waals surface area contributed by atoms with Gasteiger partial charge in [-0.15, -0.1) is 11.3 Å². The van der Waals surface area contributed by atoms with Gasteiger partial charge in [-0.3, -0.25) is 4.79 Å². The van der Waals surface area contributed by atoms with Gasteiger partial charge in [-0.1, -0.05) is 12.1 Å². The third kappa shape index (κ3) is 4.50. The molecule has 0 spiro atoms. The molecule has 146 valence electrons. The molecule has 0 bridgehead atoms. The van der Waals surface area contributed by atoms with Crippen LogP contribution in [0.5, 0.6) is 0 Å². The number of rotatable bonds is 4. The SMILES string of the molecule is O=C(Cc1cccs1)N1CCN(S(=O)(=O)c2cccc(C(F)(F)F)c2)CC1. The quantitative estimate of drug-likeness (QED) is 0.767. The van der Waals surface area contributed by atoms with E-state index >= 15 is 0 Å². The van der Waals surface area contributed by atoms with Crippen LogP contribution in [0.15, 0.2) is 46.7 Å². The highest BCUT2D eigenvalue weighted by atomic mass is 32.2. The second kappa shape index (κ2) is 7.61.